The minimum absolute atomic E-state index is 0.511. The van der Waals surface area contributed by atoms with E-state index in [-0.39, 0.29) is 0 Å². The molecule has 0 aliphatic carbocycles. The van der Waals surface area contributed by atoms with Crippen LogP contribution in [-0.2, 0) is 0 Å². The molecule has 6 nitrogen and oxygen atoms in total. The van der Waals surface area contributed by atoms with Crippen LogP contribution in [0.25, 0.3) is 11.8 Å². The molecule has 2 aromatic rings. The number of aromatic nitrogens is 3. The average Bonchev–Trinajstić information content (AvgIpc) is 2.75. The molecule has 1 aliphatic rings. The molecular formula is C10H8N4O2. The predicted molar refractivity (Wildman–Crippen MR) is 55.3 cm³/mol. The maximum atomic E-state index is 9.03. The normalized spacial score (nSPS) is 13.4. The minimum atomic E-state index is 0.511. The van der Waals surface area contributed by atoms with Crippen molar-refractivity contribution >= 4 is 11.8 Å². The molecule has 0 amide bonds. The molecule has 1 aromatic carbocycles. The summed E-state index contributed by atoms with van der Waals surface area (Å²) in [5.74, 6) is 0.752. The van der Waals surface area contributed by atoms with Crippen molar-refractivity contribution in [3.8, 4) is 5.75 Å². The zero-order valence-corrected chi connectivity index (χ0v) is 8.16. The smallest absolute Gasteiger partial charge is 0.162 e. The van der Waals surface area contributed by atoms with Crippen LogP contribution in [0.4, 0.5) is 0 Å². The summed E-state index contributed by atoms with van der Waals surface area (Å²) < 4.78 is 0. The van der Waals surface area contributed by atoms with Crippen molar-refractivity contribution in [2.45, 2.75) is 0 Å². The van der Waals surface area contributed by atoms with Crippen molar-refractivity contribution in [3.05, 3.63) is 41.7 Å². The zero-order chi connectivity index (χ0) is 11.0. The van der Waals surface area contributed by atoms with Crippen molar-refractivity contribution in [1.29, 1.82) is 0 Å². The Morgan fingerprint density at radius 3 is 3.00 bits per heavy atom. The molecule has 0 unspecified atom stereocenters. The minimum Gasteiger partial charge on any atom is -0.410 e. The summed E-state index contributed by atoms with van der Waals surface area (Å²) in [6.07, 6.45) is 3.26. The van der Waals surface area contributed by atoms with E-state index in [4.69, 9.17) is 10.0 Å². The summed E-state index contributed by atoms with van der Waals surface area (Å²) in [5.41, 5.74) is 4.85. The third-order valence-corrected chi connectivity index (χ3v) is 2.25. The van der Waals surface area contributed by atoms with E-state index in [1.54, 1.807) is 0 Å². The summed E-state index contributed by atoms with van der Waals surface area (Å²) in [6.45, 7) is 0. The van der Waals surface area contributed by atoms with Gasteiger partial charge in [0.15, 0.2) is 5.75 Å². The van der Waals surface area contributed by atoms with Crippen molar-refractivity contribution in [2.24, 2.45) is 0 Å². The first-order chi connectivity index (χ1) is 7.83. The molecule has 2 heterocycles. The highest BCUT2D eigenvalue weighted by Gasteiger charge is 2.14. The third-order valence-electron chi connectivity index (χ3n) is 2.25. The Morgan fingerprint density at radius 1 is 1.31 bits per heavy atom. The lowest BCUT2D eigenvalue weighted by molar-refractivity contribution is 0.143. The van der Waals surface area contributed by atoms with Crippen LogP contribution >= 0.6 is 0 Å². The van der Waals surface area contributed by atoms with Crippen molar-refractivity contribution in [3.63, 3.8) is 0 Å². The van der Waals surface area contributed by atoms with Crippen LogP contribution in [0, 0.1) is 0 Å². The van der Waals surface area contributed by atoms with Gasteiger partial charge in [-0.1, -0.05) is 23.0 Å². The van der Waals surface area contributed by atoms with Gasteiger partial charge in [0.25, 0.3) is 0 Å². The quantitative estimate of drug-likeness (QED) is 0.693. The maximum Gasteiger partial charge on any atom is 0.162 e. The Morgan fingerprint density at radius 2 is 2.19 bits per heavy atom. The van der Waals surface area contributed by atoms with Gasteiger partial charge in [0.2, 0.25) is 0 Å². The van der Waals surface area contributed by atoms with Gasteiger partial charge in [-0.15, -0.1) is 5.10 Å². The fourth-order valence-corrected chi connectivity index (χ4v) is 1.49. The molecule has 80 valence electrons. The van der Waals surface area contributed by atoms with Gasteiger partial charge in [-0.2, -0.15) is 0 Å². The summed E-state index contributed by atoms with van der Waals surface area (Å²) >= 11 is 0. The molecule has 0 fully saturated rings. The summed E-state index contributed by atoms with van der Waals surface area (Å²) in [5, 5.41) is 16.2. The fourth-order valence-electron chi connectivity index (χ4n) is 1.49. The van der Waals surface area contributed by atoms with E-state index in [0.717, 1.165) is 11.3 Å². The van der Waals surface area contributed by atoms with Crippen molar-refractivity contribution in [2.75, 3.05) is 0 Å². The molecule has 0 saturated carbocycles. The molecule has 0 spiro atoms. The molecule has 2 N–H and O–H groups in total. The van der Waals surface area contributed by atoms with Gasteiger partial charge >= 0.3 is 0 Å². The monoisotopic (exact) mass is 216 g/mol. The van der Waals surface area contributed by atoms with Crippen LogP contribution < -0.4 is 10.3 Å². The van der Waals surface area contributed by atoms with E-state index >= 15 is 0 Å². The number of hydroxylamine groups is 1. The Hall–Kier alpha value is -2.50. The highest BCUT2D eigenvalue weighted by Crippen LogP contribution is 2.26. The molecule has 3 rings (SSSR count). The first-order valence-corrected chi connectivity index (χ1v) is 4.68. The molecule has 0 atom stereocenters. The first-order valence-electron chi connectivity index (χ1n) is 4.68. The summed E-state index contributed by atoms with van der Waals surface area (Å²) in [4.78, 5) is 5.97. The van der Waals surface area contributed by atoms with Crippen LogP contribution in [0.15, 0.2) is 30.5 Å². The van der Waals surface area contributed by atoms with Gasteiger partial charge in [0.1, 0.15) is 11.4 Å². The highest BCUT2D eigenvalue weighted by molar-refractivity contribution is 5.81. The third kappa shape index (κ3) is 1.36. The Labute approximate surface area is 90.7 Å². The van der Waals surface area contributed by atoms with Gasteiger partial charge in [-0.25, -0.2) is 5.48 Å². The van der Waals surface area contributed by atoms with E-state index in [9.17, 15) is 0 Å². The van der Waals surface area contributed by atoms with Crippen LogP contribution in [0.5, 0.6) is 5.75 Å². The van der Waals surface area contributed by atoms with Gasteiger partial charge in [-0.3, -0.25) is 0 Å². The van der Waals surface area contributed by atoms with Crippen LogP contribution in [0.3, 0.4) is 0 Å². The fraction of sp³-hybridized carbons (Fsp3) is 0. The lowest BCUT2D eigenvalue weighted by Gasteiger charge is -2.16. The molecular weight excluding hydrogens is 208 g/mol. The van der Waals surface area contributed by atoms with Crippen LogP contribution in [0.2, 0.25) is 0 Å². The van der Waals surface area contributed by atoms with Gasteiger partial charge < -0.3 is 10.0 Å². The summed E-state index contributed by atoms with van der Waals surface area (Å²) in [6, 6.07) is 7.60. The number of nitrogens with zero attached hydrogens (tertiary/aromatic N) is 3. The molecule has 0 bridgehead atoms. The molecule has 1 aliphatic heterocycles. The van der Waals surface area contributed by atoms with E-state index in [1.165, 1.54) is 6.20 Å². The molecule has 6 heteroatoms. The number of hydrogen-bond donors (Lipinski definition) is 2. The number of nitrogens with one attached hydrogen (secondary N) is 1. The Kier molecular flexibility index (Phi) is 1.79. The topological polar surface area (TPSA) is 72.2 Å². The summed E-state index contributed by atoms with van der Waals surface area (Å²) in [7, 11) is 0. The Bertz CT molecular complexity index is 561. The van der Waals surface area contributed by atoms with E-state index < -0.39 is 0 Å². The highest BCUT2D eigenvalue weighted by atomic mass is 16.6. The van der Waals surface area contributed by atoms with E-state index in [2.05, 4.69) is 15.8 Å². The van der Waals surface area contributed by atoms with Crippen LogP contribution in [-0.4, -0.2) is 20.4 Å². The number of benzene rings is 1. The van der Waals surface area contributed by atoms with Crippen LogP contribution in [0.1, 0.15) is 11.3 Å². The number of rotatable bonds is 1. The van der Waals surface area contributed by atoms with Gasteiger partial charge in [0.05, 0.1) is 6.20 Å². The molecule has 16 heavy (non-hydrogen) atoms. The predicted octanol–water partition coefficient (Wildman–Crippen LogP) is 0.911. The van der Waals surface area contributed by atoms with E-state index in [1.807, 2.05) is 30.3 Å². The van der Waals surface area contributed by atoms with Gasteiger partial charge in [0, 0.05) is 5.56 Å². The molecule has 0 radical (unpaired) electrons. The first kappa shape index (κ1) is 8.78. The molecule has 0 saturated heterocycles. The van der Waals surface area contributed by atoms with E-state index in [0.29, 0.717) is 16.2 Å². The van der Waals surface area contributed by atoms with Crippen molar-refractivity contribution < 1.29 is 10.0 Å². The SMILES string of the molecule is On1cc(C2=Cc3ccccc3ON2)nn1. The van der Waals surface area contributed by atoms with Crippen molar-refractivity contribution in [1.82, 2.24) is 20.6 Å². The second-order valence-electron chi connectivity index (χ2n) is 3.32. The second-order valence-corrected chi connectivity index (χ2v) is 3.32. The second kappa shape index (κ2) is 3.27. The zero-order valence-electron chi connectivity index (χ0n) is 8.16. The lowest BCUT2D eigenvalue weighted by Crippen LogP contribution is -2.20. The number of para-hydroxylation sites is 1. The Balaban J connectivity index is 2.03. The standard InChI is InChI=1S/C10H8N4O2/c15-14-6-9(11-13-14)8-5-7-3-1-2-4-10(7)16-12-8/h1-6,12,15H. The average molecular weight is 216 g/mol. The largest absolute Gasteiger partial charge is 0.410 e. The lowest BCUT2D eigenvalue weighted by atomic mass is 10.1. The number of hydrogen-bond acceptors (Lipinski definition) is 5. The maximum absolute atomic E-state index is 9.03. The van der Waals surface area contributed by atoms with Gasteiger partial charge in [-0.05, 0) is 17.4 Å². The molecule has 1 aromatic heterocycles. The number of fused-ring (bicyclic) bond motifs is 1.